The second-order valence-electron chi connectivity index (χ2n) is 4.09. The molecule has 0 aliphatic carbocycles. The van der Waals surface area contributed by atoms with E-state index in [9.17, 15) is 0 Å². The Labute approximate surface area is 102 Å². The van der Waals surface area contributed by atoms with Gasteiger partial charge in [-0.2, -0.15) is 0 Å². The molecule has 0 aromatic rings. The van der Waals surface area contributed by atoms with Crippen LogP contribution in [0.15, 0.2) is 12.3 Å². The lowest BCUT2D eigenvalue weighted by Gasteiger charge is -2.20. The number of hydrogen-bond acceptors (Lipinski definition) is 7. The maximum absolute atomic E-state index is 8.34. The molecule has 0 aromatic carbocycles. The zero-order valence-electron chi connectivity index (χ0n) is 10.2. The van der Waals surface area contributed by atoms with E-state index in [-0.39, 0.29) is 0 Å². The van der Waals surface area contributed by atoms with Gasteiger partial charge in [-0.15, -0.1) is 6.58 Å². The fourth-order valence-electron chi connectivity index (χ4n) is 0.470. The van der Waals surface area contributed by atoms with E-state index in [4.69, 9.17) is 35.4 Å². The van der Waals surface area contributed by atoms with Crippen LogP contribution >= 0.6 is 0 Å². The standard InChI is InChI=1S/C4H11BO3Si.C4H11NO3/c1-4-9(2,3)8-5(6)7;5-4(1-6,2-7)3-8/h4,6-7H,1H2,2-3H3;6-8H,1-3,5H2. The Morgan fingerprint density at radius 1 is 1.24 bits per heavy atom. The highest BCUT2D eigenvalue weighted by Gasteiger charge is 2.24. The Morgan fingerprint density at radius 2 is 1.59 bits per heavy atom. The first kappa shape index (κ1) is 19.1. The number of aliphatic hydroxyl groups excluding tert-OH is 3. The van der Waals surface area contributed by atoms with E-state index in [1.54, 1.807) is 5.70 Å². The molecular weight excluding hydrogens is 245 g/mol. The number of aliphatic hydroxyl groups is 3. The van der Waals surface area contributed by atoms with Gasteiger partial charge in [-0.25, -0.2) is 0 Å². The van der Waals surface area contributed by atoms with Gasteiger partial charge in [0.2, 0.25) is 0 Å². The van der Waals surface area contributed by atoms with Crippen LogP contribution in [0.3, 0.4) is 0 Å². The molecular formula is C8H22BNO6Si. The summed E-state index contributed by atoms with van der Waals surface area (Å²) in [4.78, 5) is 0. The first-order chi connectivity index (χ1) is 7.66. The third kappa shape index (κ3) is 10.6. The van der Waals surface area contributed by atoms with E-state index in [2.05, 4.69) is 6.58 Å². The summed E-state index contributed by atoms with van der Waals surface area (Å²) in [6.45, 7) is 5.93. The summed E-state index contributed by atoms with van der Waals surface area (Å²) in [5, 5.41) is 41.7. The van der Waals surface area contributed by atoms with E-state index >= 15 is 0 Å². The molecule has 0 aromatic heterocycles. The Kier molecular flexibility index (Phi) is 9.86. The molecule has 0 aliphatic heterocycles. The van der Waals surface area contributed by atoms with Crippen LogP contribution in [-0.4, -0.2) is 66.4 Å². The van der Waals surface area contributed by atoms with Crippen LogP contribution in [0.25, 0.3) is 0 Å². The molecule has 0 fully saturated rings. The summed E-state index contributed by atoms with van der Waals surface area (Å²) < 4.78 is 4.72. The molecule has 0 heterocycles. The zero-order chi connectivity index (χ0) is 14.1. The van der Waals surface area contributed by atoms with Crippen molar-refractivity contribution >= 4 is 15.6 Å². The summed E-state index contributed by atoms with van der Waals surface area (Å²) in [6, 6.07) is 0. The molecule has 0 saturated heterocycles. The zero-order valence-corrected chi connectivity index (χ0v) is 11.2. The van der Waals surface area contributed by atoms with Gasteiger partial charge in [0.25, 0.3) is 0 Å². The van der Waals surface area contributed by atoms with Crippen molar-refractivity contribution in [2.45, 2.75) is 18.6 Å². The van der Waals surface area contributed by atoms with E-state index < -0.39 is 41.0 Å². The maximum atomic E-state index is 8.34. The second kappa shape index (κ2) is 8.78. The average molecular weight is 267 g/mol. The third-order valence-electron chi connectivity index (χ3n) is 1.85. The first-order valence-corrected chi connectivity index (χ1v) is 7.94. The topological polar surface area (TPSA) is 136 Å². The van der Waals surface area contributed by atoms with Crippen molar-refractivity contribution in [3.63, 3.8) is 0 Å². The minimum Gasteiger partial charge on any atom is -0.425 e. The normalized spacial score (nSPS) is 11.5. The van der Waals surface area contributed by atoms with Gasteiger partial charge >= 0.3 is 7.32 Å². The first-order valence-electron chi connectivity index (χ1n) is 4.95. The molecule has 0 saturated carbocycles. The highest BCUT2D eigenvalue weighted by molar-refractivity contribution is 6.80. The van der Waals surface area contributed by atoms with Crippen molar-refractivity contribution in [2.75, 3.05) is 19.8 Å². The predicted molar refractivity (Wildman–Crippen MR) is 67.1 cm³/mol. The Balaban J connectivity index is 0. The van der Waals surface area contributed by atoms with E-state index in [1.165, 1.54) is 0 Å². The van der Waals surface area contributed by atoms with E-state index in [0.29, 0.717) is 0 Å². The van der Waals surface area contributed by atoms with Crippen molar-refractivity contribution in [1.82, 2.24) is 0 Å². The number of rotatable bonds is 6. The SMILES string of the molecule is C=C[Si](C)(C)OB(O)O.NC(CO)(CO)CO. The Hall–Kier alpha value is -0.258. The lowest BCUT2D eigenvalue weighted by molar-refractivity contribution is 0.0697. The molecule has 0 aliphatic rings. The maximum Gasteiger partial charge on any atom is 0.623 e. The van der Waals surface area contributed by atoms with Gasteiger partial charge in [0.1, 0.15) is 0 Å². The van der Waals surface area contributed by atoms with E-state index in [0.717, 1.165) is 0 Å². The number of hydrogen-bond donors (Lipinski definition) is 6. The minimum atomic E-state index is -1.98. The van der Waals surface area contributed by atoms with Gasteiger partial charge in [-0.1, -0.05) is 5.70 Å². The monoisotopic (exact) mass is 267 g/mol. The quantitative estimate of drug-likeness (QED) is 0.294. The van der Waals surface area contributed by atoms with Crippen LogP contribution in [0.4, 0.5) is 0 Å². The van der Waals surface area contributed by atoms with Crippen LogP contribution in [0.5, 0.6) is 0 Å². The van der Waals surface area contributed by atoms with Crippen molar-refractivity contribution in [3.8, 4) is 0 Å². The molecule has 0 rings (SSSR count). The Morgan fingerprint density at radius 3 is 1.65 bits per heavy atom. The predicted octanol–water partition coefficient (Wildman–Crippen LogP) is -2.44. The molecule has 0 bridgehead atoms. The van der Waals surface area contributed by atoms with Crippen LogP contribution in [0.1, 0.15) is 0 Å². The summed E-state index contributed by atoms with van der Waals surface area (Å²) >= 11 is 0. The van der Waals surface area contributed by atoms with E-state index in [1.807, 2.05) is 13.1 Å². The largest absolute Gasteiger partial charge is 0.623 e. The number of nitrogens with two attached hydrogens (primary N) is 1. The van der Waals surface area contributed by atoms with Gasteiger partial charge in [0.05, 0.1) is 25.4 Å². The van der Waals surface area contributed by atoms with Crippen molar-refractivity contribution in [3.05, 3.63) is 12.3 Å². The van der Waals surface area contributed by atoms with Gasteiger partial charge in [-0.05, 0) is 13.1 Å². The summed E-state index contributed by atoms with van der Waals surface area (Å²) in [5.74, 6) is 0. The van der Waals surface area contributed by atoms with Crippen molar-refractivity contribution in [2.24, 2.45) is 5.73 Å². The highest BCUT2D eigenvalue weighted by Crippen LogP contribution is 2.03. The highest BCUT2D eigenvalue weighted by atomic mass is 28.4. The molecule has 7 nitrogen and oxygen atoms in total. The van der Waals surface area contributed by atoms with Crippen molar-refractivity contribution < 1.29 is 29.7 Å². The molecule has 0 unspecified atom stereocenters. The second-order valence-corrected chi connectivity index (χ2v) is 7.94. The molecule has 0 radical (unpaired) electrons. The fraction of sp³-hybridized carbons (Fsp3) is 0.750. The molecule has 0 atom stereocenters. The Bertz CT molecular complexity index is 204. The summed E-state index contributed by atoms with van der Waals surface area (Å²) in [6.07, 6.45) is 0. The molecule has 17 heavy (non-hydrogen) atoms. The van der Waals surface area contributed by atoms with Crippen LogP contribution in [0, 0.1) is 0 Å². The van der Waals surface area contributed by atoms with Crippen LogP contribution < -0.4 is 5.73 Å². The third-order valence-corrected chi connectivity index (χ3v) is 3.65. The summed E-state index contributed by atoms with van der Waals surface area (Å²) in [5.41, 5.74) is 5.57. The molecule has 7 N–H and O–H groups in total. The molecule has 0 spiro atoms. The molecule has 9 heteroatoms. The molecule has 0 amide bonds. The smallest absolute Gasteiger partial charge is 0.425 e. The summed E-state index contributed by atoms with van der Waals surface area (Å²) in [7, 11) is -3.64. The lowest BCUT2D eigenvalue weighted by atomic mass is 10.1. The lowest BCUT2D eigenvalue weighted by Crippen LogP contribution is -2.50. The average Bonchev–Trinajstić information content (AvgIpc) is 2.27. The van der Waals surface area contributed by atoms with Gasteiger partial charge in [-0.3, -0.25) is 0 Å². The van der Waals surface area contributed by atoms with Crippen molar-refractivity contribution in [1.29, 1.82) is 0 Å². The fourth-order valence-corrected chi connectivity index (χ4v) is 1.11. The van der Waals surface area contributed by atoms with Gasteiger partial charge in [0.15, 0.2) is 8.32 Å². The molecule has 102 valence electrons. The van der Waals surface area contributed by atoms with Gasteiger partial charge < -0.3 is 35.4 Å². The minimum absolute atomic E-state index is 0.403. The van der Waals surface area contributed by atoms with Crippen LogP contribution in [0.2, 0.25) is 13.1 Å². The van der Waals surface area contributed by atoms with Gasteiger partial charge in [0, 0.05) is 0 Å². The van der Waals surface area contributed by atoms with Crippen LogP contribution in [-0.2, 0) is 4.34 Å².